The second-order valence-corrected chi connectivity index (χ2v) is 10.2. The second kappa shape index (κ2) is 8.34. The molecule has 1 fully saturated rings. The second-order valence-electron chi connectivity index (χ2n) is 10.2. The topological polar surface area (TPSA) is 47.4 Å². The Labute approximate surface area is 205 Å². The van der Waals surface area contributed by atoms with Crippen molar-refractivity contribution in [3.8, 4) is 11.8 Å². The van der Waals surface area contributed by atoms with Crippen LogP contribution < -0.4 is 10.6 Å². The van der Waals surface area contributed by atoms with Gasteiger partial charge in [0.25, 0.3) is 0 Å². The van der Waals surface area contributed by atoms with Gasteiger partial charge < -0.3 is 9.64 Å². The van der Waals surface area contributed by atoms with Crippen LogP contribution in [0.2, 0.25) is 0 Å². The van der Waals surface area contributed by atoms with Crippen LogP contribution in [0.3, 0.4) is 0 Å². The minimum atomic E-state index is -4.38. The Hall–Kier alpha value is -3.38. The quantitative estimate of drug-likeness (QED) is 0.321. The molecule has 1 saturated carbocycles. The molecule has 2 aromatic carbocycles. The number of hydrogen-bond donors (Lipinski definition) is 0. The third kappa shape index (κ3) is 4.03. The Bertz CT molecular complexity index is 1470. The molecule has 0 saturated heterocycles. The highest BCUT2D eigenvalue weighted by atomic mass is 19.4. The van der Waals surface area contributed by atoms with Crippen LogP contribution >= 0.6 is 0 Å². The molecule has 1 aliphatic carbocycles. The predicted molar refractivity (Wildman–Crippen MR) is 129 cm³/mol. The Morgan fingerprint density at radius 3 is 2.47 bits per heavy atom. The zero-order valence-corrected chi connectivity index (χ0v) is 20.2. The molecule has 5 rings (SSSR count). The lowest BCUT2D eigenvalue weighted by molar-refractivity contribution is -0.168. The van der Waals surface area contributed by atoms with Gasteiger partial charge in [0.2, 0.25) is 0 Å². The van der Waals surface area contributed by atoms with Gasteiger partial charge in [-0.25, -0.2) is 9.18 Å². The summed E-state index contributed by atoms with van der Waals surface area (Å²) in [7, 11) is 0. The van der Waals surface area contributed by atoms with E-state index in [9.17, 15) is 18.0 Å². The number of hydrogen-bond acceptors (Lipinski definition) is 4. The van der Waals surface area contributed by atoms with Crippen molar-refractivity contribution in [1.29, 1.82) is 0 Å². The average molecular weight is 500 g/mol. The molecular weight excluding hydrogens is 474 g/mol. The zero-order chi connectivity index (χ0) is 25.9. The first-order chi connectivity index (χ1) is 16.9. The van der Waals surface area contributed by atoms with E-state index < -0.39 is 28.6 Å². The van der Waals surface area contributed by atoms with Gasteiger partial charge in [-0.15, -0.1) is 0 Å². The summed E-state index contributed by atoms with van der Waals surface area (Å²) in [5, 5.41) is 0.186. The number of anilines is 2. The maximum absolute atomic E-state index is 15.3. The fraction of sp³-hybridized carbons (Fsp3) is 0.407. The molecule has 36 heavy (non-hydrogen) atoms. The maximum atomic E-state index is 15.3. The number of alkyl halides is 3. The monoisotopic (exact) mass is 499 g/mol. The lowest BCUT2D eigenvalue weighted by Crippen LogP contribution is -2.37. The van der Waals surface area contributed by atoms with Gasteiger partial charge in [-0.05, 0) is 57.9 Å². The number of benzene rings is 2. The number of rotatable bonds is 1. The van der Waals surface area contributed by atoms with Crippen LogP contribution in [-0.2, 0) is 16.9 Å². The van der Waals surface area contributed by atoms with Crippen molar-refractivity contribution in [1.82, 2.24) is 9.55 Å². The highest BCUT2D eigenvalue weighted by Gasteiger charge is 2.62. The first-order valence-electron chi connectivity index (χ1n) is 11.7. The Morgan fingerprint density at radius 1 is 1.08 bits per heavy atom. The normalized spacial score (nSPS) is 17.2. The molecule has 0 atom stereocenters. The van der Waals surface area contributed by atoms with Crippen LogP contribution in [0.1, 0.15) is 44.7 Å². The van der Waals surface area contributed by atoms with Gasteiger partial charge in [0.05, 0.1) is 24.1 Å². The molecular formula is C27H25F4N3O2. The van der Waals surface area contributed by atoms with E-state index in [1.165, 1.54) is 10.6 Å². The van der Waals surface area contributed by atoms with Crippen LogP contribution in [0.15, 0.2) is 41.2 Å². The van der Waals surface area contributed by atoms with E-state index in [0.717, 1.165) is 0 Å². The molecule has 2 aliphatic rings. The lowest BCUT2D eigenvalue weighted by Gasteiger charge is -2.29. The third-order valence-corrected chi connectivity index (χ3v) is 6.65. The van der Waals surface area contributed by atoms with Gasteiger partial charge in [0.1, 0.15) is 11.2 Å². The third-order valence-electron chi connectivity index (χ3n) is 6.65. The fourth-order valence-electron chi connectivity index (χ4n) is 4.62. The van der Waals surface area contributed by atoms with E-state index in [1.807, 2.05) is 20.8 Å². The number of halogens is 4. The average Bonchev–Trinajstić information content (AvgIpc) is 3.60. The Kier molecular flexibility index (Phi) is 5.63. The minimum Gasteiger partial charge on any atom is -0.375 e. The van der Waals surface area contributed by atoms with Crippen LogP contribution in [0.4, 0.5) is 29.1 Å². The Balaban J connectivity index is 1.70. The Morgan fingerprint density at radius 2 is 1.81 bits per heavy atom. The van der Waals surface area contributed by atoms with E-state index in [1.54, 1.807) is 35.2 Å². The smallest absolute Gasteiger partial charge is 0.375 e. The van der Waals surface area contributed by atoms with Gasteiger partial charge in [-0.1, -0.05) is 24.0 Å². The number of fused-ring (bicyclic) bond motifs is 2. The van der Waals surface area contributed by atoms with Crippen molar-refractivity contribution >= 4 is 22.4 Å². The molecule has 0 unspecified atom stereocenters. The molecule has 2 heterocycles. The van der Waals surface area contributed by atoms with Crippen molar-refractivity contribution in [2.75, 3.05) is 18.1 Å². The zero-order valence-electron chi connectivity index (χ0n) is 20.2. The van der Waals surface area contributed by atoms with E-state index in [4.69, 9.17) is 4.74 Å². The molecule has 0 radical (unpaired) electrons. The van der Waals surface area contributed by atoms with Gasteiger partial charge in [0.15, 0.2) is 5.82 Å². The lowest BCUT2D eigenvalue weighted by atomic mass is 10.0. The van der Waals surface area contributed by atoms with Gasteiger partial charge in [0, 0.05) is 28.9 Å². The molecule has 3 aromatic rings. The standard InChI is InChI=1S/C27H25F4N3O2/c1-25(2,3)34-21-9-5-7-19(28)22(21)23(32-24(34)35)33-14-15-36-16-18-17(6-4-8-20(18)33)10-11-26(12-13-26)27(29,30)31/h4-9H,12-16H2,1-3H3. The first-order valence-corrected chi connectivity index (χ1v) is 11.7. The van der Waals surface area contributed by atoms with E-state index in [0.29, 0.717) is 22.3 Å². The first kappa shape index (κ1) is 24.3. The van der Waals surface area contributed by atoms with E-state index in [2.05, 4.69) is 16.8 Å². The summed E-state index contributed by atoms with van der Waals surface area (Å²) in [6.07, 6.45) is -4.41. The molecule has 188 valence electrons. The van der Waals surface area contributed by atoms with Gasteiger partial charge >= 0.3 is 11.9 Å². The summed E-state index contributed by atoms with van der Waals surface area (Å²) in [6, 6.07) is 9.63. The van der Waals surface area contributed by atoms with E-state index in [-0.39, 0.29) is 43.8 Å². The highest BCUT2D eigenvalue weighted by Crippen LogP contribution is 2.57. The molecule has 5 nitrogen and oxygen atoms in total. The highest BCUT2D eigenvalue weighted by molar-refractivity contribution is 5.93. The van der Waals surface area contributed by atoms with Gasteiger partial charge in [-0.2, -0.15) is 18.2 Å². The van der Waals surface area contributed by atoms with Crippen LogP contribution in [0.5, 0.6) is 0 Å². The summed E-state index contributed by atoms with van der Waals surface area (Å²) in [6.45, 7) is 6.16. The molecule has 0 spiro atoms. The summed E-state index contributed by atoms with van der Waals surface area (Å²) < 4.78 is 62.7. The van der Waals surface area contributed by atoms with Crippen molar-refractivity contribution < 1.29 is 22.3 Å². The van der Waals surface area contributed by atoms with Crippen molar-refractivity contribution in [3.63, 3.8) is 0 Å². The van der Waals surface area contributed by atoms with Crippen LogP contribution in [0.25, 0.3) is 10.9 Å². The molecule has 0 N–H and O–H groups in total. The van der Waals surface area contributed by atoms with Crippen molar-refractivity contribution in [2.45, 2.75) is 51.9 Å². The summed E-state index contributed by atoms with van der Waals surface area (Å²) in [5.74, 6) is 4.79. The molecule has 0 amide bonds. The van der Waals surface area contributed by atoms with Gasteiger partial charge in [-0.3, -0.25) is 4.57 Å². The number of nitrogens with zero attached hydrogens (tertiary/aromatic N) is 3. The van der Waals surface area contributed by atoms with Crippen LogP contribution in [-0.4, -0.2) is 28.9 Å². The van der Waals surface area contributed by atoms with Crippen molar-refractivity contribution in [2.24, 2.45) is 5.41 Å². The van der Waals surface area contributed by atoms with Crippen LogP contribution in [0, 0.1) is 23.1 Å². The summed E-state index contributed by atoms with van der Waals surface area (Å²) >= 11 is 0. The minimum absolute atomic E-state index is 0.0135. The number of aromatic nitrogens is 2. The summed E-state index contributed by atoms with van der Waals surface area (Å²) in [4.78, 5) is 19.2. The molecule has 1 aliphatic heterocycles. The molecule has 1 aromatic heterocycles. The summed E-state index contributed by atoms with van der Waals surface area (Å²) in [5.41, 5.74) is -1.18. The SMILES string of the molecule is CC(C)(C)n1c(=O)nc(N2CCOCc3c(C#CC4(C(F)(F)F)CC4)cccc32)c2c(F)cccc21. The molecule has 0 bridgehead atoms. The largest absolute Gasteiger partial charge is 0.405 e. The van der Waals surface area contributed by atoms with E-state index >= 15 is 4.39 Å². The fourth-order valence-corrected chi connectivity index (χ4v) is 4.62. The predicted octanol–water partition coefficient (Wildman–Crippen LogP) is 5.65. The molecule has 9 heteroatoms. The number of ether oxygens (including phenoxy) is 1. The maximum Gasteiger partial charge on any atom is 0.405 e. The van der Waals surface area contributed by atoms with Crippen molar-refractivity contribution in [3.05, 3.63) is 63.8 Å².